The van der Waals surface area contributed by atoms with E-state index in [9.17, 15) is 4.79 Å². The van der Waals surface area contributed by atoms with E-state index in [1.807, 2.05) is 12.3 Å². The van der Waals surface area contributed by atoms with Crippen LogP contribution in [0.5, 0.6) is 0 Å². The Kier molecular flexibility index (Phi) is 4.42. The highest BCUT2D eigenvalue weighted by atomic mass is 32.1. The highest BCUT2D eigenvalue weighted by Crippen LogP contribution is 2.32. The molecule has 4 rings (SSSR count). The first kappa shape index (κ1) is 15.5. The van der Waals surface area contributed by atoms with E-state index in [2.05, 4.69) is 20.6 Å². The van der Waals surface area contributed by atoms with E-state index < -0.39 is 0 Å². The van der Waals surface area contributed by atoms with Crippen molar-refractivity contribution in [1.82, 2.24) is 15.3 Å². The molecule has 0 atom stereocenters. The van der Waals surface area contributed by atoms with Gasteiger partial charge in [-0.2, -0.15) is 0 Å². The lowest BCUT2D eigenvalue weighted by Crippen LogP contribution is -2.26. The Balaban J connectivity index is 1.43. The van der Waals surface area contributed by atoms with Crippen LogP contribution in [-0.2, 0) is 0 Å². The number of carbonyl (C=O) groups is 1. The maximum Gasteiger partial charge on any atom is 0.269 e. The number of amides is 1. The third kappa shape index (κ3) is 3.26. The molecule has 0 unspecified atom stereocenters. The summed E-state index contributed by atoms with van der Waals surface area (Å²) in [4.78, 5) is 22.7. The molecule has 1 aliphatic heterocycles. The first-order valence-electron chi connectivity index (χ1n) is 7.77. The van der Waals surface area contributed by atoms with Gasteiger partial charge in [-0.15, -0.1) is 22.7 Å². The number of carbonyl (C=O) groups excluding carboxylic acids is 1. The molecule has 3 aromatic rings. The zero-order valence-electron chi connectivity index (χ0n) is 12.8. The minimum atomic E-state index is -0.184. The summed E-state index contributed by atoms with van der Waals surface area (Å²) in [7, 11) is 0. The van der Waals surface area contributed by atoms with Crippen LogP contribution in [0.25, 0.3) is 10.8 Å². The van der Waals surface area contributed by atoms with Crippen LogP contribution in [0, 0.1) is 0 Å². The average molecular weight is 360 g/mol. The summed E-state index contributed by atoms with van der Waals surface area (Å²) in [6, 6.07) is 3.63. The number of nitrogens with zero attached hydrogens (tertiary/aromatic N) is 2. The summed E-state index contributed by atoms with van der Waals surface area (Å²) in [5, 5.41) is 7.56. The molecule has 1 saturated heterocycles. The van der Waals surface area contributed by atoms with Crippen LogP contribution in [0.15, 0.2) is 35.2 Å². The van der Waals surface area contributed by atoms with Crippen LogP contribution < -0.4 is 10.6 Å². The van der Waals surface area contributed by atoms with Crippen LogP contribution in [0.3, 0.4) is 0 Å². The van der Waals surface area contributed by atoms with Gasteiger partial charge >= 0.3 is 0 Å². The van der Waals surface area contributed by atoms with Gasteiger partial charge in [-0.25, -0.2) is 9.97 Å². The van der Waals surface area contributed by atoms with Crippen molar-refractivity contribution in [3.05, 3.63) is 40.5 Å². The quantitative estimate of drug-likeness (QED) is 0.743. The van der Waals surface area contributed by atoms with E-state index >= 15 is 0 Å². The molecule has 1 fully saturated rings. The summed E-state index contributed by atoms with van der Waals surface area (Å²) in [6.07, 6.45) is 7.29. The van der Waals surface area contributed by atoms with E-state index in [1.165, 1.54) is 16.2 Å². The fraction of sp³-hybridized carbons (Fsp3) is 0.312. The zero-order chi connectivity index (χ0) is 16.4. The maximum atomic E-state index is 12.4. The van der Waals surface area contributed by atoms with Crippen LogP contribution in [0.1, 0.15) is 33.3 Å². The molecule has 1 aliphatic rings. The number of anilines is 1. The molecule has 6 nitrogen and oxygen atoms in total. The summed E-state index contributed by atoms with van der Waals surface area (Å²) in [5.41, 5.74) is 0. The average Bonchev–Trinajstić information content (AvgIpc) is 3.36. The van der Waals surface area contributed by atoms with E-state index in [-0.39, 0.29) is 5.91 Å². The van der Waals surface area contributed by atoms with Crippen molar-refractivity contribution in [2.24, 2.45) is 0 Å². The van der Waals surface area contributed by atoms with Crippen molar-refractivity contribution in [2.75, 3.05) is 18.4 Å². The second-order valence-electron chi connectivity index (χ2n) is 5.55. The number of nitrogens with one attached hydrogen (secondary N) is 2. The minimum absolute atomic E-state index is 0.184. The van der Waals surface area contributed by atoms with Gasteiger partial charge in [0.1, 0.15) is 4.88 Å². The number of aromatic nitrogens is 2. The van der Waals surface area contributed by atoms with Crippen LogP contribution in [-0.4, -0.2) is 29.0 Å². The van der Waals surface area contributed by atoms with Crippen LogP contribution in [0.2, 0.25) is 0 Å². The fourth-order valence-corrected chi connectivity index (χ4v) is 4.45. The zero-order valence-corrected chi connectivity index (χ0v) is 14.5. The van der Waals surface area contributed by atoms with Gasteiger partial charge < -0.3 is 9.73 Å². The first-order chi connectivity index (χ1) is 11.8. The number of thiazole rings is 2. The molecule has 0 saturated carbocycles. The third-order valence-corrected chi connectivity index (χ3v) is 6.03. The van der Waals surface area contributed by atoms with E-state index in [4.69, 9.17) is 4.42 Å². The van der Waals surface area contributed by atoms with Crippen molar-refractivity contribution < 1.29 is 9.21 Å². The highest BCUT2D eigenvalue weighted by molar-refractivity contribution is 7.17. The molecule has 0 aromatic carbocycles. The van der Waals surface area contributed by atoms with Crippen LogP contribution in [0.4, 0.5) is 5.13 Å². The standard InChI is InChI=1S/C16H16N4O2S2/c21-14(13-9-18-15(23-13)11-2-1-7-22-11)20-16-19-8-12(24-16)10-3-5-17-6-4-10/h1-2,7-10,17H,3-6H2,(H,19,20,21). The van der Waals surface area contributed by atoms with Crippen molar-refractivity contribution in [3.8, 4) is 10.8 Å². The predicted molar refractivity (Wildman–Crippen MR) is 94.7 cm³/mol. The van der Waals surface area contributed by atoms with Gasteiger partial charge in [-0.05, 0) is 44.0 Å². The van der Waals surface area contributed by atoms with E-state index in [0.29, 0.717) is 26.7 Å². The molecule has 0 bridgehead atoms. The SMILES string of the molecule is O=C(Nc1ncc(C2CCNCC2)s1)c1cnc(-c2ccco2)s1. The Hall–Kier alpha value is -2.03. The second-order valence-corrected chi connectivity index (χ2v) is 7.65. The number of rotatable bonds is 4. The Bertz CT molecular complexity index is 819. The Morgan fingerprint density at radius 1 is 1.25 bits per heavy atom. The molecule has 3 aromatic heterocycles. The van der Waals surface area contributed by atoms with Crippen molar-refractivity contribution in [3.63, 3.8) is 0 Å². The van der Waals surface area contributed by atoms with Gasteiger partial charge in [-0.1, -0.05) is 0 Å². The predicted octanol–water partition coefficient (Wildman–Crippen LogP) is 3.58. The number of hydrogen-bond donors (Lipinski definition) is 2. The summed E-state index contributed by atoms with van der Waals surface area (Å²) in [6.45, 7) is 2.08. The van der Waals surface area contributed by atoms with E-state index in [1.54, 1.807) is 29.9 Å². The first-order valence-corrected chi connectivity index (χ1v) is 9.40. The molecule has 1 amide bonds. The molecule has 24 heavy (non-hydrogen) atoms. The minimum Gasteiger partial charge on any atom is -0.462 e. The van der Waals surface area contributed by atoms with Crippen molar-refractivity contribution >= 4 is 33.7 Å². The molecule has 124 valence electrons. The molecule has 8 heteroatoms. The lowest BCUT2D eigenvalue weighted by molar-refractivity contribution is 0.103. The molecule has 4 heterocycles. The largest absolute Gasteiger partial charge is 0.462 e. The third-order valence-electron chi connectivity index (χ3n) is 3.95. The summed E-state index contributed by atoms with van der Waals surface area (Å²) in [5.74, 6) is 1.03. The monoisotopic (exact) mass is 360 g/mol. The fourth-order valence-electron chi connectivity index (χ4n) is 2.69. The Labute approximate surface area is 147 Å². The Morgan fingerprint density at radius 3 is 2.92 bits per heavy atom. The summed E-state index contributed by atoms with van der Waals surface area (Å²) < 4.78 is 5.30. The Morgan fingerprint density at radius 2 is 2.12 bits per heavy atom. The van der Waals surface area contributed by atoms with Crippen molar-refractivity contribution in [1.29, 1.82) is 0 Å². The van der Waals surface area contributed by atoms with Crippen LogP contribution >= 0.6 is 22.7 Å². The maximum absolute atomic E-state index is 12.4. The number of piperidine rings is 1. The molecular formula is C16H16N4O2S2. The number of hydrogen-bond acceptors (Lipinski definition) is 7. The lowest BCUT2D eigenvalue weighted by Gasteiger charge is -2.20. The van der Waals surface area contributed by atoms with Gasteiger partial charge in [0.2, 0.25) is 0 Å². The van der Waals surface area contributed by atoms with Crippen molar-refractivity contribution in [2.45, 2.75) is 18.8 Å². The summed E-state index contributed by atoms with van der Waals surface area (Å²) >= 11 is 2.87. The van der Waals surface area contributed by atoms with Gasteiger partial charge in [0.05, 0.1) is 12.5 Å². The highest BCUT2D eigenvalue weighted by Gasteiger charge is 2.19. The second kappa shape index (κ2) is 6.84. The molecule has 0 radical (unpaired) electrons. The lowest BCUT2D eigenvalue weighted by atomic mass is 9.97. The normalized spacial score (nSPS) is 15.5. The van der Waals surface area contributed by atoms with Gasteiger partial charge in [0, 0.05) is 11.1 Å². The molecule has 0 aliphatic carbocycles. The number of furan rings is 1. The van der Waals surface area contributed by atoms with E-state index in [0.717, 1.165) is 25.9 Å². The molecule has 0 spiro atoms. The smallest absolute Gasteiger partial charge is 0.269 e. The molecular weight excluding hydrogens is 344 g/mol. The van der Waals surface area contributed by atoms with Gasteiger partial charge in [0.15, 0.2) is 15.9 Å². The topological polar surface area (TPSA) is 80.0 Å². The van der Waals surface area contributed by atoms with Gasteiger partial charge in [-0.3, -0.25) is 10.1 Å². The van der Waals surface area contributed by atoms with Gasteiger partial charge in [0.25, 0.3) is 5.91 Å². The molecule has 2 N–H and O–H groups in total.